The molecule has 0 bridgehead atoms. The number of hydrogen-bond donors (Lipinski definition) is 2. The van der Waals surface area contributed by atoms with Gasteiger partial charge in [0.2, 0.25) is 5.95 Å². The number of piperidine rings is 1. The Morgan fingerprint density at radius 2 is 1.85 bits per heavy atom. The molecule has 1 atom stereocenters. The summed E-state index contributed by atoms with van der Waals surface area (Å²) in [5, 5.41) is 3.37. The second kappa shape index (κ2) is 14.3. The summed E-state index contributed by atoms with van der Waals surface area (Å²) >= 11 is 6.27. The third-order valence-corrected chi connectivity index (χ3v) is 10.3. The fourth-order valence-electron chi connectivity index (χ4n) is 6.35. The SMILES string of the molecule is CCc1c(NS(=O)(=O)c2cc(Cl)cc3c2OC[C@H]3OC(C)=O)ccc(F)c1-c1ccc2nc(NC3CCN(C(=O)OC(C)(C)C)CC3)ncc2c1F. The first kappa shape index (κ1) is 37.0. The zero-order chi connectivity index (χ0) is 37.5. The van der Waals surface area contributed by atoms with Gasteiger partial charge < -0.3 is 24.4 Å². The molecule has 276 valence electrons. The highest BCUT2D eigenvalue weighted by Gasteiger charge is 2.35. The van der Waals surface area contributed by atoms with E-state index in [1.807, 2.05) is 20.8 Å². The number of nitrogens with one attached hydrogen (secondary N) is 2. The number of aromatic nitrogens is 2. The molecule has 2 N–H and O–H groups in total. The van der Waals surface area contributed by atoms with E-state index in [1.165, 1.54) is 37.4 Å². The van der Waals surface area contributed by atoms with Gasteiger partial charge in [0.25, 0.3) is 10.0 Å². The van der Waals surface area contributed by atoms with E-state index in [9.17, 15) is 18.0 Å². The molecule has 0 unspecified atom stereocenters. The van der Waals surface area contributed by atoms with Crippen LogP contribution in [0.5, 0.6) is 5.75 Å². The summed E-state index contributed by atoms with van der Waals surface area (Å²) in [5.41, 5.74) is -0.00589. The highest BCUT2D eigenvalue weighted by molar-refractivity contribution is 7.92. The van der Waals surface area contributed by atoms with Crippen molar-refractivity contribution in [2.75, 3.05) is 29.7 Å². The van der Waals surface area contributed by atoms with Crippen LogP contribution in [0.25, 0.3) is 22.0 Å². The van der Waals surface area contributed by atoms with E-state index in [0.717, 1.165) is 6.07 Å². The number of rotatable bonds is 8. The van der Waals surface area contributed by atoms with Crippen molar-refractivity contribution in [2.45, 2.75) is 76.5 Å². The Balaban J connectivity index is 1.25. The summed E-state index contributed by atoms with van der Waals surface area (Å²) in [7, 11) is -4.40. The maximum Gasteiger partial charge on any atom is 0.410 e. The number of likely N-dealkylation sites (tertiary alicyclic amines) is 1. The number of fused-ring (bicyclic) bond motifs is 2. The van der Waals surface area contributed by atoms with Gasteiger partial charge in [-0.05, 0) is 82.0 Å². The highest BCUT2D eigenvalue weighted by Crippen LogP contribution is 2.43. The second-order valence-corrected chi connectivity index (χ2v) is 15.7. The van der Waals surface area contributed by atoms with Gasteiger partial charge in [0, 0.05) is 54.0 Å². The van der Waals surface area contributed by atoms with Crippen LogP contribution < -0.4 is 14.8 Å². The largest absolute Gasteiger partial charge is 0.487 e. The van der Waals surface area contributed by atoms with Crippen LogP contribution in [0.15, 0.2) is 47.5 Å². The van der Waals surface area contributed by atoms with Gasteiger partial charge in [0.05, 0.1) is 16.6 Å². The standard InChI is InChI=1S/C36H38ClF2N5O7S/c1-6-22-28(43-52(47,48)30-16-20(37)15-24-29(50-19(2)45)18-49-33(24)30)10-8-26(38)31(22)23-7-9-27-25(32(23)39)17-40-34(42-27)41-21-11-13-44(14-12-21)35(46)51-36(3,4)5/h7-10,15-17,21,29,43H,6,11-14,18H2,1-5H3,(H,40,41,42)/t29-/m1/s1. The highest BCUT2D eigenvalue weighted by atomic mass is 35.5. The Morgan fingerprint density at radius 1 is 1.12 bits per heavy atom. The smallest absolute Gasteiger partial charge is 0.410 e. The van der Waals surface area contributed by atoms with Gasteiger partial charge in [0.15, 0.2) is 6.10 Å². The molecule has 1 fully saturated rings. The van der Waals surface area contributed by atoms with Crippen molar-refractivity contribution in [2.24, 2.45) is 0 Å². The zero-order valence-corrected chi connectivity index (χ0v) is 30.8. The number of nitrogens with zero attached hydrogens (tertiary/aromatic N) is 3. The van der Waals surface area contributed by atoms with Crippen molar-refractivity contribution >= 4 is 56.2 Å². The Labute approximate surface area is 304 Å². The fourth-order valence-corrected chi connectivity index (χ4v) is 7.94. The van der Waals surface area contributed by atoms with Crippen molar-refractivity contribution in [1.82, 2.24) is 14.9 Å². The van der Waals surface area contributed by atoms with Gasteiger partial charge in [0.1, 0.15) is 34.5 Å². The molecular weight excluding hydrogens is 720 g/mol. The molecule has 0 spiro atoms. The van der Waals surface area contributed by atoms with Gasteiger partial charge in [-0.25, -0.2) is 32.0 Å². The molecular formula is C36H38ClF2N5O7S. The Hall–Kier alpha value is -4.76. The monoisotopic (exact) mass is 757 g/mol. The number of halogens is 3. The van der Waals surface area contributed by atoms with Crippen LogP contribution in [0.1, 0.15) is 64.7 Å². The van der Waals surface area contributed by atoms with E-state index in [2.05, 4.69) is 20.0 Å². The summed E-state index contributed by atoms with van der Waals surface area (Å²) in [4.78, 5) is 34.2. The number of carbonyl (C=O) groups is 2. The molecule has 16 heteroatoms. The number of amides is 1. The van der Waals surface area contributed by atoms with Crippen LogP contribution in [-0.4, -0.2) is 66.7 Å². The molecule has 1 amide bonds. The number of carbonyl (C=O) groups excluding carboxylic acids is 2. The first-order valence-electron chi connectivity index (χ1n) is 16.7. The van der Waals surface area contributed by atoms with Crippen LogP contribution in [0, 0.1) is 11.6 Å². The molecule has 3 heterocycles. The molecule has 3 aromatic carbocycles. The van der Waals surface area contributed by atoms with Crippen LogP contribution in [0.4, 0.5) is 25.2 Å². The lowest BCUT2D eigenvalue weighted by Gasteiger charge is -2.33. The molecule has 2 aliphatic heterocycles. The zero-order valence-electron chi connectivity index (χ0n) is 29.2. The van der Waals surface area contributed by atoms with E-state index in [0.29, 0.717) is 31.5 Å². The quantitative estimate of drug-likeness (QED) is 0.174. The van der Waals surface area contributed by atoms with E-state index in [4.69, 9.17) is 25.8 Å². The molecule has 0 aliphatic carbocycles. The lowest BCUT2D eigenvalue weighted by atomic mass is 9.94. The molecule has 0 radical (unpaired) electrons. The van der Waals surface area contributed by atoms with Crippen molar-refractivity contribution in [3.8, 4) is 16.9 Å². The van der Waals surface area contributed by atoms with Gasteiger partial charge in [-0.3, -0.25) is 9.52 Å². The molecule has 4 aromatic rings. The van der Waals surface area contributed by atoms with Crippen molar-refractivity contribution in [1.29, 1.82) is 0 Å². The molecule has 52 heavy (non-hydrogen) atoms. The van der Waals surface area contributed by atoms with Gasteiger partial charge in [-0.1, -0.05) is 18.5 Å². The molecule has 12 nitrogen and oxygen atoms in total. The van der Waals surface area contributed by atoms with Gasteiger partial charge in [-0.15, -0.1) is 0 Å². The number of benzene rings is 3. The summed E-state index contributed by atoms with van der Waals surface area (Å²) < 4.78 is 78.2. The van der Waals surface area contributed by atoms with Crippen LogP contribution in [0.2, 0.25) is 5.02 Å². The first-order valence-corrected chi connectivity index (χ1v) is 18.6. The predicted octanol–water partition coefficient (Wildman–Crippen LogP) is 7.40. The Bertz CT molecular complexity index is 2170. The number of anilines is 2. The van der Waals surface area contributed by atoms with Crippen LogP contribution in [0.3, 0.4) is 0 Å². The van der Waals surface area contributed by atoms with E-state index in [-0.39, 0.29) is 80.1 Å². The maximum absolute atomic E-state index is 16.2. The minimum Gasteiger partial charge on any atom is -0.487 e. The fraction of sp³-hybridized carbons (Fsp3) is 0.389. The summed E-state index contributed by atoms with van der Waals surface area (Å²) in [6.07, 6.45) is 1.51. The van der Waals surface area contributed by atoms with Crippen molar-refractivity contribution < 1.29 is 41.0 Å². The Morgan fingerprint density at radius 3 is 2.52 bits per heavy atom. The molecule has 1 saturated heterocycles. The third-order valence-electron chi connectivity index (χ3n) is 8.68. The summed E-state index contributed by atoms with van der Waals surface area (Å²) in [6, 6.07) is 7.91. The van der Waals surface area contributed by atoms with E-state index < -0.39 is 39.3 Å². The summed E-state index contributed by atoms with van der Waals surface area (Å²) in [6.45, 7) is 9.25. The van der Waals surface area contributed by atoms with E-state index in [1.54, 1.807) is 17.9 Å². The average molecular weight is 758 g/mol. The topological polar surface area (TPSA) is 149 Å². The second-order valence-electron chi connectivity index (χ2n) is 13.6. The van der Waals surface area contributed by atoms with Gasteiger partial charge in [-0.2, -0.15) is 0 Å². The van der Waals surface area contributed by atoms with Crippen LogP contribution >= 0.6 is 11.6 Å². The van der Waals surface area contributed by atoms with Crippen molar-refractivity contribution in [3.05, 3.63) is 70.4 Å². The number of sulfonamides is 1. The molecule has 6 rings (SSSR count). The third kappa shape index (κ3) is 7.70. The normalized spacial score (nSPS) is 16.3. The van der Waals surface area contributed by atoms with Crippen LogP contribution in [-0.2, 0) is 30.7 Å². The lowest BCUT2D eigenvalue weighted by molar-refractivity contribution is -0.147. The summed E-state index contributed by atoms with van der Waals surface area (Å²) in [5.74, 6) is -1.85. The lowest BCUT2D eigenvalue weighted by Crippen LogP contribution is -2.44. The number of ether oxygens (including phenoxy) is 3. The van der Waals surface area contributed by atoms with E-state index >= 15 is 8.78 Å². The maximum atomic E-state index is 16.2. The predicted molar refractivity (Wildman–Crippen MR) is 191 cm³/mol. The minimum atomic E-state index is -4.40. The number of hydrogen-bond acceptors (Lipinski definition) is 10. The first-order chi connectivity index (χ1) is 24.5. The van der Waals surface area contributed by atoms with Gasteiger partial charge >= 0.3 is 12.1 Å². The van der Waals surface area contributed by atoms with Crippen molar-refractivity contribution in [3.63, 3.8) is 0 Å². The molecule has 0 saturated carbocycles. The average Bonchev–Trinajstić information content (AvgIpc) is 3.46. The molecule has 2 aliphatic rings. The number of esters is 1. The Kier molecular flexibility index (Phi) is 10.2. The minimum absolute atomic E-state index is 0.0233. The molecule has 1 aromatic heterocycles.